The van der Waals surface area contributed by atoms with Gasteiger partial charge < -0.3 is 0 Å². The van der Waals surface area contributed by atoms with Crippen molar-refractivity contribution in [3.8, 4) is 11.8 Å². The Hall–Kier alpha value is -4.36. The zero-order chi connectivity index (χ0) is 19.9. The van der Waals surface area contributed by atoms with Crippen molar-refractivity contribution in [1.29, 1.82) is 0 Å². The minimum Gasteiger partial charge on any atom is -0.254 e. The van der Waals surface area contributed by atoms with Crippen LogP contribution in [0.15, 0.2) is 85.2 Å². The number of nitrogens with zero attached hydrogens (tertiary/aromatic N) is 4. The molecular weight excluding hydrogens is 368 g/mol. The van der Waals surface area contributed by atoms with Gasteiger partial charge in [0.25, 0.3) is 0 Å². The third-order valence-corrected chi connectivity index (χ3v) is 5.14. The molecule has 0 fully saturated rings. The van der Waals surface area contributed by atoms with E-state index in [1.54, 1.807) is 12.4 Å². The summed E-state index contributed by atoms with van der Waals surface area (Å²) in [5.41, 5.74) is 6.90. The monoisotopic (exact) mass is 382 g/mol. The minimum absolute atomic E-state index is 0.816. The summed E-state index contributed by atoms with van der Waals surface area (Å²) in [6, 6.07) is 23.8. The van der Waals surface area contributed by atoms with E-state index in [1.165, 1.54) is 0 Å². The van der Waals surface area contributed by atoms with Crippen LogP contribution < -0.4 is 0 Å². The third kappa shape index (κ3) is 2.65. The van der Waals surface area contributed by atoms with Gasteiger partial charge in [0.15, 0.2) is 0 Å². The first-order valence-corrected chi connectivity index (χ1v) is 9.67. The maximum atomic E-state index is 4.97. The van der Waals surface area contributed by atoms with E-state index >= 15 is 0 Å². The van der Waals surface area contributed by atoms with E-state index in [0.717, 1.165) is 55.0 Å². The molecule has 6 rings (SSSR count). The number of hydrogen-bond acceptors (Lipinski definition) is 4. The van der Waals surface area contributed by atoms with Gasteiger partial charge in [0.1, 0.15) is 0 Å². The maximum absolute atomic E-state index is 4.97. The number of hydrogen-bond donors (Lipinski definition) is 0. The van der Waals surface area contributed by atoms with Crippen LogP contribution in [0, 0.1) is 11.8 Å². The van der Waals surface area contributed by atoms with E-state index in [9.17, 15) is 0 Å². The zero-order valence-electron chi connectivity index (χ0n) is 15.9. The summed E-state index contributed by atoms with van der Waals surface area (Å²) in [6.45, 7) is 0. The molecular formula is C26H14N4. The summed E-state index contributed by atoms with van der Waals surface area (Å²) in [5, 5.41) is 1.91. The van der Waals surface area contributed by atoms with Gasteiger partial charge in [-0.05, 0) is 54.6 Å². The van der Waals surface area contributed by atoms with Crippen LogP contribution in [-0.2, 0) is 0 Å². The highest BCUT2D eigenvalue weighted by molar-refractivity contribution is 6.21. The van der Waals surface area contributed by atoms with Crippen LogP contribution in [0.5, 0.6) is 0 Å². The molecule has 138 valence electrons. The van der Waals surface area contributed by atoms with E-state index in [-0.39, 0.29) is 0 Å². The molecule has 0 unspecified atom stereocenters. The molecule has 0 aliphatic heterocycles. The Balaban J connectivity index is 1.63. The van der Waals surface area contributed by atoms with Crippen LogP contribution in [0.1, 0.15) is 11.1 Å². The molecule has 30 heavy (non-hydrogen) atoms. The fraction of sp³-hybridized carbons (Fsp3) is 0. The zero-order valence-corrected chi connectivity index (χ0v) is 15.9. The highest BCUT2D eigenvalue weighted by atomic mass is 14.8. The molecule has 0 radical (unpaired) electrons. The largest absolute Gasteiger partial charge is 0.254 e. The first-order valence-electron chi connectivity index (χ1n) is 9.67. The normalized spacial score (nSPS) is 11.1. The van der Waals surface area contributed by atoms with Gasteiger partial charge in [0.05, 0.1) is 33.1 Å². The van der Waals surface area contributed by atoms with Crippen molar-refractivity contribution in [2.24, 2.45) is 0 Å². The Kier molecular flexibility index (Phi) is 3.65. The number of aromatic nitrogens is 4. The van der Waals surface area contributed by atoms with Gasteiger partial charge in [0, 0.05) is 34.3 Å². The first kappa shape index (κ1) is 16.6. The lowest BCUT2D eigenvalue weighted by molar-refractivity contribution is 1.36. The van der Waals surface area contributed by atoms with Crippen LogP contribution in [-0.4, -0.2) is 19.9 Å². The van der Waals surface area contributed by atoms with E-state index < -0.39 is 0 Å². The van der Waals surface area contributed by atoms with Gasteiger partial charge in [-0.15, -0.1) is 0 Å². The Morgan fingerprint density at radius 2 is 1.13 bits per heavy atom. The van der Waals surface area contributed by atoms with Gasteiger partial charge in [0.2, 0.25) is 0 Å². The smallest absolute Gasteiger partial charge is 0.0996 e. The van der Waals surface area contributed by atoms with Crippen LogP contribution >= 0.6 is 0 Å². The van der Waals surface area contributed by atoms with Gasteiger partial charge in [-0.1, -0.05) is 30.0 Å². The summed E-state index contributed by atoms with van der Waals surface area (Å²) in [4.78, 5) is 19.0. The fourth-order valence-corrected chi connectivity index (χ4v) is 3.74. The van der Waals surface area contributed by atoms with Crippen molar-refractivity contribution in [3.63, 3.8) is 0 Å². The van der Waals surface area contributed by atoms with Gasteiger partial charge >= 0.3 is 0 Å². The first-order chi connectivity index (χ1) is 14.9. The van der Waals surface area contributed by atoms with Gasteiger partial charge in [-0.3, -0.25) is 9.97 Å². The lowest BCUT2D eigenvalue weighted by Crippen LogP contribution is -1.94. The minimum atomic E-state index is 0.816. The average Bonchev–Trinajstić information content (AvgIpc) is 2.82. The molecule has 0 spiro atoms. The highest BCUT2D eigenvalue weighted by Gasteiger charge is 2.13. The molecule has 4 heteroatoms. The van der Waals surface area contributed by atoms with Gasteiger partial charge in [-0.2, -0.15) is 0 Å². The molecule has 0 amide bonds. The number of rotatable bonds is 0. The molecule has 0 bridgehead atoms. The Bertz CT molecular complexity index is 1640. The summed E-state index contributed by atoms with van der Waals surface area (Å²) in [6.07, 6.45) is 3.57. The number of pyridine rings is 2. The quantitative estimate of drug-likeness (QED) is 0.204. The topological polar surface area (TPSA) is 51.6 Å². The molecule has 3 aromatic heterocycles. The SMILES string of the molecule is C(#Cc1ccc2nc3c4cccnc4c4ncccc4c3nc2c1)c1ccccc1. The van der Waals surface area contributed by atoms with E-state index in [1.807, 2.05) is 72.8 Å². The number of fused-ring (bicyclic) bond motifs is 7. The third-order valence-electron chi connectivity index (χ3n) is 5.14. The standard InChI is InChI=1S/C26H14N4/c1-2-6-17(7-3-1)10-11-18-12-13-21-22(16-18)30-26-20-9-5-15-28-24(20)23-19(25(26)29-21)8-4-14-27-23/h1-9,12-16H. The van der Waals surface area contributed by atoms with Crippen LogP contribution in [0.25, 0.3) is 43.9 Å². The highest BCUT2D eigenvalue weighted by Crippen LogP contribution is 2.31. The van der Waals surface area contributed by atoms with E-state index in [0.29, 0.717) is 0 Å². The maximum Gasteiger partial charge on any atom is 0.0996 e. The predicted molar refractivity (Wildman–Crippen MR) is 120 cm³/mol. The molecule has 0 aliphatic carbocycles. The Morgan fingerprint density at radius 1 is 0.500 bits per heavy atom. The molecule has 0 saturated carbocycles. The van der Waals surface area contributed by atoms with Crippen molar-refractivity contribution < 1.29 is 0 Å². The van der Waals surface area contributed by atoms with Crippen LogP contribution in [0.3, 0.4) is 0 Å². The summed E-state index contributed by atoms with van der Waals surface area (Å²) < 4.78 is 0. The average molecular weight is 382 g/mol. The molecule has 0 saturated heterocycles. The van der Waals surface area contributed by atoms with Crippen molar-refractivity contribution in [1.82, 2.24) is 19.9 Å². The second-order valence-electron chi connectivity index (χ2n) is 7.04. The molecule has 3 heterocycles. The molecule has 6 aromatic rings. The van der Waals surface area contributed by atoms with Crippen molar-refractivity contribution >= 4 is 43.9 Å². The van der Waals surface area contributed by atoms with E-state index in [4.69, 9.17) is 9.97 Å². The second kappa shape index (κ2) is 6.61. The van der Waals surface area contributed by atoms with Gasteiger partial charge in [-0.25, -0.2) is 9.97 Å². The lowest BCUT2D eigenvalue weighted by Gasteiger charge is -2.08. The van der Waals surface area contributed by atoms with Crippen molar-refractivity contribution in [2.75, 3.05) is 0 Å². The number of benzene rings is 3. The summed E-state index contributed by atoms with van der Waals surface area (Å²) in [5.74, 6) is 6.43. The Morgan fingerprint density at radius 3 is 1.83 bits per heavy atom. The molecule has 4 nitrogen and oxygen atoms in total. The molecule has 0 aliphatic rings. The Labute approximate surface area is 172 Å². The molecule has 0 N–H and O–H groups in total. The molecule has 0 atom stereocenters. The van der Waals surface area contributed by atoms with Crippen LogP contribution in [0.4, 0.5) is 0 Å². The van der Waals surface area contributed by atoms with E-state index in [2.05, 4.69) is 21.8 Å². The fourth-order valence-electron chi connectivity index (χ4n) is 3.74. The van der Waals surface area contributed by atoms with Crippen molar-refractivity contribution in [3.05, 3.63) is 96.3 Å². The molecule has 3 aromatic carbocycles. The second-order valence-corrected chi connectivity index (χ2v) is 7.04. The predicted octanol–water partition coefficient (Wildman–Crippen LogP) is 5.28. The summed E-state index contributed by atoms with van der Waals surface area (Å²) in [7, 11) is 0. The summed E-state index contributed by atoms with van der Waals surface area (Å²) >= 11 is 0. The van der Waals surface area contributed by atoms with Crippen LogP contribution in [0.2, 0.25) is 0 Å². The lowest BCUT2D eigenvalue weighted by atomic mass is 10.1. The van der Waals surface area contributed by atoms with Crippen molar-refractivity contribution in [2.45, 2.75) is 0 Å².